The zero-order valence-electron chi connectivity index (χ0n) is 15.3. The minimum Gasteiger partial charge on any atom is -0.497 e. The van der Waals surface area contributed by atoms with E-state index in [1.165, 1.54) is 0 Å². The van der Waals surface area contributed by atoms with Gasteiger partial charge in [0.2, 0.25) is 5.91 Å². The summed E-state index contributed by atoms with van der Waals surface area (Å²) in [7, 11) is 1.62. The number of aromatic nitrogens is 1. The molecule has 0 saturated carbocycles. The predicted molar refractivity (Wildman–Crippen MR) is 105 cm³/mol. The third-order valence-electron chi connectivity index (χ3n) is 5.27. The highest BCUT2D eigenvalue weighted by molar-refractivity contribution is 6.05. The van der Waals surface area contributed by atoms with E-state index in [4.69, 9.17) is 9.47 Å². The molecule has 0 bridgehead atoms. The molecule has 2 heterocycles. The number of anilines is 1. The minimum absolute atomic E-state index is 0.0304. The molecule has 1 N–H and O–H groups in total. The lowest BCUT2D eigenvalue weighted by atomic mass is 9.73. The molecule has 2 aromatic carbocycles. The third kappa shape index (κ3) is 3.26. The van der Waals surface area contributed by atoms with Crippen LogP contribution in [0, 0.1) is 0 Å². The van der Waals surface area contributed by atoms with Crippen LogP contribution >= 0.6 is 0 Å². The van der Waals surface area contributed by atoms with E-state index >= 15 is 0 Å². The Labute approximate surface area is 158 Å². The van der Waals surface area contributed by atoms with Crippen LogP contribution in [0.4, 0.5) is 5.69 Å². The average Bonchev–Trinajstić information content (AvgIpc) is 2.74. The summed E-state index contributed by atoms with van der Waals surface area (Å²) in [5.41, 5.74) is 1.83. The fraction of sp³-hybridized carbons (Fsp3) is 0.273. The van der Waals surface area contributed by atoms with Crippen LogP contribution in [-0.4, -0.2) is 31.2 Å². The number of amides is 1. The molecule has 1 fully saturated rings. The van der Waals surface area contributed by atoms with Gasteiger partial charge in [-0.3, -0.25) is 9.78 Å². The second-order valence-corrected chi connectivity index (χ2v) is 6.76. The molecular weight excluding hydrogens is 340 g/mol. The molecule has 1 aliphatic rings. The van der Waals surface area contributed by atoms with Crippen molar-refractivity contribution in [2.45, 2.75) is 18.3 Å². The maximum absolute atomic E-state index is 13.5. The summed E-state index contributed by atoms with van der Waals surface area (Å²) in [5, 5.41) is 4.06. The van der Waals surface area contributed by atoms with Gasteiger partial charge in [0.1, 0.15) is 5.75 Å². The van der Waals surface area contributed by atoms with Gasteiger partial charge in [0.15, 0.2) is 0 Å². The highest BCUT2D eigenvalue weighted by Crippen LogP contribution is 2.37. The second-order valence-electron chi connectivity index (χ2n) is 6.76. The molecule has 0 atom stereocenters. The summed E-state index contributed by atoms with van der Waals surface area (Å²) in [6.07, 6.45) is 3.03. The summed E-state index contributed by atoms with van der Waals surface area (Å²) < 4.78 is 10.9. The zero-order valence-corrected chi connectivity index (χ0v) is 15.3. The van der Waals surface area contributed by atoms with Crippen molar-refractivity contribution >= 4 is 22.5 Å². The molecule has 1 saturated heterocycles. The van der Waals surface area contributed by atoms with E-state index in [2.05, 4.69) is 10.3 Å². The van der Waals surface area contributed by atoms with E-state index in [0.29, 0.717) is 37.5 Å². The van der Waals surface area contributed by atoms with Crippen molar-refractivity contribution in [2.75, 3.05) is 25.6 Å². The van der Waals surface area contributed by atoms with Crippen LogP contribution in [0.25, 0.3) is 10.9 Å². The van der Waals surface area contributed by atoms with Crippen LogP contribution in [0.2, 0.25) is 0 Å². The molecule has 0 aliphatic carbocycles. The number of nitrogens with zero attached hydrogens (tertiary/aromatic N) is 1. The molecule has 1 aromatic heterocycles. The first kappa shape index (κ1) is 17.5. The number of pyridine rings is 1. The van der Waals surface area contributed by atoms with Crippen molar-refractivity contribution < 1.29 is 14.3 Å². The van der Waals surface area contributed by atoms with E-state index in [0.717, 1.165) is 16.5 Å². The Bertz CT molecular complexity index is 950. The van der Waals surface area contributed by atoms with Crippen molar-refractivity contribution in [3.63, 3.8) is 0 Å². The smallest absolute Gasteiger partial charge is 0.235 e. The quantitative estimate of drug-likeness (QED) is 0.764. The van der Waals surface area contributed by atoms with Crippen molar-refractivity contribution in [3.05, 3.63) is 66.4 Å². The zero-order chi connectivity index (χ0) is 18.7. The first-order chi connectivity index (χ1) is 13.2. The number of hydrogen-bond donors (Lipinski definition) is 1. The number of benzene rings is 2. The van der Waals surface area contributed by atoms with Crippen LogP contribution in [0.1, 0.15) is 18.4 Å². The summed E-state index contributed by atoms with van der Waals surface area (Å²) in [6, 6.07) is 17.5. The van der Waals surface area contributed by atoms with Crippen molar-refractivity contribution in [1.29, 1.82) is 0 Å². The first-order valence-corrected chi connectivity index (χ1v) is 9.10. The number of nitrogens with one attached hydrogen (secondary N) is 1. The number of rotatable bonds is 4. The van der Waals surface area contributed by atoms with Crippen molar-refractivity contribution in [3.8, 4) is 5.75 Å². The molecule has 0 radical (unpaired) electrons. The maximum Gasteiger partial charge on any atom is 0.235 e. The Balaban J connectivity index is 1.75. The van der Waals surface area contributed by atoms with Crippen molar-refractivity contribution in [1.82, 2.24) is 4.98 Å². The van der Waals surface area contributed by atoms with Gasteiger partial charge in [0.25, 0.3) is 0 Å². The van der Waals surface area contributed by atoms with Gasteiger partial charge in [-0.15, -0.1) is 0 Å². The van der Waals surface area contributed by atoms with Crippen LogP contribution < -0.4 is 10.1 Å². The largest absolute Gasteiger partial charge is 0.497 e. The standard InChI is InChI=1S/C22H22N2O3/c1-26-18-14-16-6-5-11-23-20(16)19(15-18)24-21(25)22(9-12-27-13-10-22)17-7-3-2-4-8-17/h2-8,11,14-15H,9-10,12-13H2,1H3,(H,24,25). The van der Waals surface area contributed by atoms with Crippen molar-refractivity contribution in [2.24, 2.45) is 0 Å². The van der Waals surface area contributed by atoms with Gasteiger partial charge < -0.3 is 14.8 Å². The number of carbonyl (C=O) groups excluding carboxylic acids is 1. The molecule has 5 nitrogen and oxygen atoms in total. The maximum atomic E-state index is 13.5. The minimum atomic E-state index is -0.607. The highest BCUT2D eigenvalue weighted by Gasteiger charge is 2.41. The number of carbonyl (C=O) groups is 1. The Hall–Kier alpha value is -2.92. The lowest BCUT2D eigenvalue weighted by Crippen LogP contribution is -2.44. The van der Waals surface area contributed by atoms with Gasteiger partial charge in [0.05, 0.1) is 23.7 Å². The van der Waals surface area contributed by atoms with Gasteiger partial charge >= 0.3 is 0 Å². The molecule has 1 amide bonds. The highest BCUT2D eigenvalue weighted by atomic mass is 16.5. The molecule has 138 valence electrons. The van der Waals surface area contributed by atoms with Crippen LogP contribution in [0.15, 0.2) is 60.8 Å². The SMILES string of the molecule is COc1cc(NC(=O)C2(c3ccccc3)CCOCC2)c2ncccc2c1. The van der Waals surface area contributed by atoms with Gasteiger partial charge in [0, 0.05) is 30.9 Å². The van der Waals surface area contributed by atoms with E-state index in [-0.39, 0.29) is 5.91 Å². The van der Waals surface area contributed by atoms with Crippen LogP contribution in [0.5, 0.6) is 5.75 Å². The topological polar surface area (TPSA) is 60.5 Å². The Morgan fingerprint density at radius 2 is 1.89 bits per heavy atom. The fourth-order valence-electron chi connectivity index (χ4n) is 3.74. The average molecular weight is 362 g/mol. The summed E-state index contributed by atoms with van der Waals surface area (Å²) in [4.78, 5) is 18.0. The van der Waals surface area contributed by atoms with Gasteiger partial charge in [-0.05, 0) is 30.5 Å². The van der Waals surface area contributed by atoms with E-state index in [1.807, 2.05) is 54.6 Å². The molecule has 0 unspecified atom stereocenters. The molecule has 1 aliphatic heterocycles. The molecule has 0 spiro atoms. The summed E-state index contributed by atoms with van der Waals surface area (Å²) >= 11 is 0. The second kappa shape index (κ2) is 7.37. The van der Waals surface area contributed by atoms with Gasteiger partial charge in [-0.25, -0.2) is 0 Å². The predicted octanol–water partition coefficient (Wildman–Crippen LogP) is 3.93. The molecule has 27 heavy (non-hydrogen) atoms. The van der Waals surface area contributed by atoms with E-state index in [9.17, 15) is 4.79 Å². The Morgan fingerprint density at radius 1 is 1.11 bits per heavy atom. The van der Waals surface area contributed by atoms with E-state index in [1.54, 1.807) is 13.3 Å². The Kier molecular flexibility index (Phi) is 4.77. The van der Waals surface area contributed by atoms with Gasteiger partial charge in [-0.2, -0.15) is 0 Å². The monoisotopic (exact) mass is 362 g/mol. The molecular formula is C22H22N2O3. The van der Waals surface area contributed by atoms with E-state index < -0.39 is 5.41 Å². The molecule has 4 rings (SSSR count). The molecule has 3 aromatic rings. The third-order valence-corrected chi connectivity index (χ3v) is 5.27. The van der Waals surface area contributed by atoms with Crippen LogP contribution in [0.3, 0.4) is 0 Å². The number of fused-ring (bicyclic) bond motifs is 1. The fourth-order valence-corrected chi connectivity index (χ4v) is 3.74. The lowest BCUT2D eigenvalue weighted by Gasteiger charge is -2.36. The summed E-state index contributed by atoms with van der Waals surface area (Å²) in [6.45, 7) is 1.14. The number of ether oxygens (including phenoxy) is 2. The van der Waals surface area contributed by atoms with Crippen LogP contribution in [-0.2, 0) is 14.9 Å². The Morgan fingerprint density at radius 3 is 2.63 bits per heavy atom. The number of hydrogen-bond acceptors (Lipinski definition) is 4. The molecule has 5 heteroatoms. The number of methoxy groups -OCH3 is 1. The van der Waals surface area contributed by atoms with Gasteiger partial charge in [-0.1, -0.05) is 36.4 Å². The first-order valence-electron chi connectivity index (χ1n) is 9.10. The summed E-state index contributed by atoms with van der Waals surface area (Å²) in [5.74, 6) is 0.656. The normalized spacial score (nSPS) is 16.0. The lowest BCUT2D eigenvalue weighted by molar-refractivity contribution is -0.125.